The molecular weight excluding hydrogens is 304 g/mol. The SMILES string of the molecule is C[C@@H]1CC(=O)O[C@@H](C)C/C=C/C(=O)O[C@@H](C)C(=O)/C=C/C(=O)O1. The van der Waals surface area contributed by atoms with E-state index in [0.717, 1.165) is 12.2 Å². The van der Waals surface area contributed by atoms with E-state index in [1.54, 1.807) is 13.8 Å². The van der Waals surface area contributed by atoms with Crippen LogP contribution in [0.4, 0.5) is 0 Å². The molecule has 0 radical (unpaired) electrons. The van der Waals surface area contributed by atoms with Gasteiger partial charge in [0.25, 0.3) is 0 Å². The number of cyclic esters (lactones) is 3. The first-order chi connectivity index (χ1) is 10.8. The Bertz CT molecular complexity index is 533. The molecule has 0 bridgehead atoms. The van der Waals surface area contributed by atoms with Gasteiger partial charge < -0.3 is 14.2 Å². The molecule has 0 N–H and O–H groups in total. The lowest BCUT2D eigenvalue weighted by Gasteiger charge is -2.15. The molecule has 126 valence electrons. The van der Waals surface area contributed by atoms with Crippen LogP contribution in [0.25, 0.3) is 0 Å². The second-order valence-corrected chi connectivity index (χ2v) is 5.20. The van der Waals surface area contributed by atoms with Crippen LogP contribution in [0.1, 0.15) is 33.6 Å². The molecular formula is C16H20O7. The molecule has 0 spiro atoms. The third-order valence-electron chi connectivity index (χ3n) is 2.90. The zero-order valence-corrected chi connectivity index (χ0v) is 13.3. The summed E-state index contributed by atoms with van der Waals surface area (Å²) in [5, 5.41) is 0. The third-order valence-corrected chi connectivity index (χ3v) is 2.90. The molecule has 1 aliphatic rings. The molecule has 0 aliphatic carbocycles. The van der Waals surface area contributed by atoms with Crippen LogP contribution in [0.2, 0.25) is 0 Å². The lowest BCUT2D eigenvalue weighted by Crippen LogP contribution is -2.24. The third kappa shape index (κ3) is 7.39. The second-order valence-electron chi connectivity index (χ2n) is 5.20. The summed E-state index contributed by atoms with van der Waals surface area (Å²) in [6, 6.07) is 0. The minimum atomic E-state index is -1.02. The van der Waals surface area contributed by atoms with Crippen molar-refractivity contribution in [1.82, 2.24) is 0 Å². The Kier molecular flexibility index (Phi) is 7.18. The van der Waals surface area contributed by atoms with E-state index in [2.05, 4.69) is 0 Å². The van der Waals surface area contributed by atoms with Gasteiger partial charge in [0.15, 0.2) is 11.9 Å². The molecule has 0 amide bonds. The van der Waals surface area contributed by atoms with Gasteiger partial charge in [0.1, 0.15) is 12.2 Å². The largest absolute Gasteiger partial charge is 0.462 e. The molecule has 0 fully saturated rings. The lowest BCUT2D eigenvalue weighted by molar-refractivity contribution is -0.154. The fourth-order valence-corrected chi connectivity index (χ4v) is 1.75. The van der Waals surface area contributed by atoms with E-state index >= 15 is 0 Å². The first-order valence-electron chi connectivity index (χ1n) is 7.27. The number of rotatable bonds is 0. The molecule has 0 unspecified atom stereocenters. The van der Waals surface area contributed by atoms with Gasteiger partial charge in [-0.1, -0.05) is 6.08 Å². The molecule has 0 aromatic heterocycles. The molecule has 7 nitrogen and oxygen atoms in total. The first-order valence-corrected chi connectivity index (χ1v) is 7.27. The highest BCUT2D eigenvalue weighted by Crippen LogP contribution is 2.07. The lowest BCUT2D eigenvalue weighted by atomic mass is 10.2. The Morgan fingerprint density at radius 2 is 1.48 bits per heavy atom. The van der Waals surface area contributed by atoms with Gasteiger partial charge in [0, 0.05) is 18.6 Å². The Morgan fingerprint density at radius 1 is 0.826 bits per heavy atom. The number of hydrogen-bond donors (Lipinski definition) is 0. The van der Waals surface area contributed by atoms with Crippen molar-refractivity contribution in [3.63, 3.8) is 0 Å². The molecule has 1 heterocycles. The Balaban J connectivity index is 2.84. The Morgan fingerprint density at radius 3 is 2.17 bits per heavy atom. The summed E-state index contributed by atoms with van der Waals surface area (Å²) in [5.74, 6) is -2.52. The van der Waals surface area contributed by atoms with E-state index in [1.807, 2.05) is 0 Å². The zero-order valence-electron chi connectivity index (χ0n) is 13.3. The van der Waals surface area contributed by atoms with Crippen LogP contribution in [0.3, 0.4) is 0 Å². The smallest absolute Gasteiger partial charge is 0.331 e. The van der Waals surface area contributed by atoms with Crippen LogP contribution >= 0.6 is 0 Å². The molecule has 23 heavy (non-hydrogen) atoms. The van der Waals surface area contributed by atoms with Crippen LogP contribution in [0.15, 0.2) is 24.3 Å². The van der Waals surface area contributed by atoms with Crippen molar-refractivity contribution in [2.24, 2.45) is 0 Å². The maximum Gasteiger partial charge on any atom is 0.331 e. The molecule has 3 atom stereocenters. The fraction of sp³-hybridized carbons (Fsp3) is 0.500. The predicted molar refractivity (Wildman–Crippen MR) is 79.2 cm³/mol. The van der Waals surface area contributed by atoms with Gasteiger partial charge in [0.2, 0.25) is 0 Å². The van der Waals surface area contributed by atoms with Gasteiger partial charge in [0.05, 0.1) is 6.42 Å². The summed E-state index contributed by atoms with van der Waals surface area (Å²) in [4.78, 5) is 46.4. The minimum Gasteiger partial charge on any atom is -0.462 e. The normalized spacial score (nSPS) is 30.8. The molecule has 1 rings (SSSR count). The summed E-state index contributed by atoms with van der Waals surface area (Å²) in [6.45, 7) is 4.62. The molecule has 7 heteroatoms. The summed E-state index contributed by atoms with van der Waals surface area (Å²) in [6.07, 6.45) is 2.65. The Labute approximate surface area is 134 Å². The number of ether oxygens (including phenoxy) is 3. The Hall–Kier alpha value is -2.44. The predicted octanol–water partition coefficient (Wildman–Crippen LogP) is 1.26. The van der Waals surface area contributed by atoms with Crippen LogP contribution in [0.5, 0.6) is 0 Å². The van der Waals surface area contributed by atoms with Crippen molar-refractivity contribution < 1.29 is 33.4 Å². The minimum absolute atomic E-state index is 0.0972. The van der Waals surface area contributed by atoms with Gasteiger partial charge in [-0.25, -0.2) is 9.59 Å². The van der Waals surface area contributed by atoms with E-state index in [-0.39, 0.29) is 6.42 Å². The quantitative estimate of drug-likeness (QED) is 0.489. The zero-order chi connectivity index (χ0) is 17.4. The first kappa shape index (κ1) is 18.6. The maximum atomic E-state index is 11.7. The average Bonchev–Trinajstić information content (AvgIpc) is 2.42. The molecule has 1 aliphatic heterocycles. The van der Waals surface area contributed by atoms with Crippen molar-refractivity contribution >= 4 is 23.7 Å². The van der Waals surface area contributed by atoms with E-state index in [1.165, 1.54) is 19.1 Å². The second kappa shape index (κ2) is 8.87. The van der Waals surface area contributed by atoms with Gasteiger partial charge in [-0.3, -0.25) is 9.59 Å². The van der Waals surface area contributed by atoms with Gasteiger partial charge in [-0.2, -0.15) is 0 Å². The number of hydrogen-bond acceptors (Lipinski definition) is 7. The van der Waals surface area contributed by atoms with Crippen LogP contribution in [-0.2, 0) is 33.4 Å². The summed E-state index contributed by atoms with van der Waals surface area (Å²) < 4.78 is 15.0. The fourth-order valence-electron chi connectivity index (χ4n) is 1.75. The number of esters is 3. The van der Waals surface area contributed by atoms with Crippen molar-refractivity contribution in [3.8, 4) is 0 Å². The molecule has 0 saturated heterocycles. The van der Waals surface area contributed by atoms with Crippen LogP contribution in [0, 0.1) is 0 Å². The van der Waals surface area contributed by atoms with Crippen molar-refractivity contribution in [2.45, 2.75) is 51.9 Å². The van der Waals surface area contributed by atoms with Crippen molar-refractivity contribution in [1.29, 1.82) is 0 Å². The standard InChI is InChI=1S/C16H20O7/c1-10-5-4-6-14(18)23-12(3)13(17)7-8-15(19)22-11(2)9-16(20)21-10/h4,6-8,10-12H,5,9H2,1-3H3/b6-4+,8-7+/t10-,11+,12-/m0/s1. The number of ketones is 1. The van der Waals surface area contributed by atoms with Crippen LogP contribution < -0.4 is 0 Å². The van der Waals surface area contributed by atoms with Crippen LogP contribution in [-0.4, -0.2) is 42.0 Å². The summed E-state index contributed by atoms with van der Waals surface area (Å²) in [7, 11) is 0. The van der Waals surface area contributed by atoms with Crippen molar-refractivity contribution in [3.05, 3.63) is 24.3 Å². The average molecular weight is 324 g/mol. The number of carbonyl (C=O) groups excluding carboxylic acids is 4. The highest BCUT2D eigenvalue weighted by molar-refractivity contribution is 5.99. The summed E-state index contributed by atoms with van der Waals surface area (Å²) in [5.41, 5.74) is 0. The van der Waals surface area contributed by atoms with E-state index in [0.29, 0.717) is 6.42 Å². The van der Waals surface area contributed by atoms with Gasteiger partial charge >= 0.3 is 17.9 Å². The van der Waals surface area contributed by atoms with E-state index in [9.17, 15) is 19.2 Å². The number of carbonyl (C=O) groups is 4. The molecule has 0 aromatic rings. The van der Waals surface area contributed by atoms with E-state index < -0.39 is 42.0 Å². The van der Waals surface area contributed by atoms with Gasteiger partial charge in [-0.15, -0.1) is 0 Å². The summed E-state index contributed by atoms with van der Waals surface area (Å²) >= 11 is 0. The van der Waals surface area contributed by atoms with Gasteiger partial charge in [-0.05, 0) is 26.8 Å². The van der Waals surface area contributed by atoms with Crippen molar-refractivity contribution in [2.75, 3.05) is 0 Å². The topological polar surface area (TPSA) is 96.0 Å². The molecule has 0 saturated carbocycles. The maximum absolute atomic E-state index is 11.7. The van der Waals surface area contributed by atoms with E-state index in [4.69, 9.17) is 14.2 Å². The monoisotopic (exact) mass is 324 g/mol. The highest BCUT2D eigenvalue weighted by Gasteiger charge is 2.18. The molecule has 0 aromatic carbocycles. The highest BCUT2D eigenvalue weighted by atomic mass is 16.6.